The summed E-state index contributed by atoms with van der Waals surface area (Å²) in [5.41, 5.74) is 2.46. The maximum atomic E-state index is 5.78. The Balaban J connectivity index is 1.93. The molecule has 1 heterocycles. The fraction of sp³-hybridized carbons (Fsp3) is 0.400. The van der Waals surface area contributed by atoms with E-state index in [1.54, 1.807) is 0 Å². The van der Waals surface area contributed by atoms with E-state index in [9.17, 15) is 0 Å². The highest BCUT2D eigenvalue weighted by Gasteiger charge is 2.11. The van der Waals surface area contributed by atoms with Crippen LogP contribution in [0.4, 0.5) is 0 Å². The van der Waals surface area contributed by atoms with Crippen molar-refractivity contribution >= 4 is 6.08 Å². The average molecular weight is 295 g/mol. The molecule has 0 atom stereocenters. The summed E-state index contributed by atoms with van der Waals surface area (Å²) < 4.78 is 5.78. The molecule has 1 aromatic carbocycles. The van der Waals surface area contributed by atoms with Crippen molar-refractivity contribution < 1.29 is 4.74 Å². The second-order valence-electron chi connectivity index (χ2n) is 6.67. The molecule has 0 bridgehead atoms. The first kappa shape index (κ1) is 16.4. The van der Waals surface area contributed by atoms with Gasteiger partial charge in [0.25, 0.3) is 0 Å². The summed E-state index contributed by atoms with van der Waals surface area (Å²) in [6, 6.07) is 6.32. The molecule has 0 aliphatic carbocycles. The molecule has 116 valence electrons. The molecule has 2 heteroatoms. The first-order chi connectivity index (χ1) is 10.5. The molecule has 0 fully saturated rings. The van der Waals surface area contributed by atoms with E-state index in [0.29, 0.717) is 6.61 Å². The third kappa shape index (κ3) is 5.09. The van der Waals surface area contributed by atoms with Gasteiger partial charge in [-0.25, -0.2) is 0 Å². The van der Waals surface area contributed by atoms with Crippen molar-refractivity contribution in [2.45, 2.75) is 27.3 Å². The highest BCUT2D eigenvalue weighted by molar-refractivity contribution is 5.61. The van der Waals surface area contributed by atoms with Gasteiger partial charge < -0.3 is 4.74 Å². The van der Waals surface area contributed by atoms with E-state index in [4.69, 9.17) is 4.74 Å². The SMILES string of the molecule is CN(CC=CC#CC(C)(C)C)Cc1cccc2c1OCC=C2. The lowest BCUT2D eigenvalue weighted by Gasteiger charge is -2.20. The molecule has 0 radical (unpaired) electrons. The van der Waals surface area contributed by atoms with Crippen LogP contribution in [0.1, 0.15) is 31.9 Å². The molecule has 0 N–H and O–H groups in total. The van der Waals surface area contributed by atoms with Gasteiger partial charge in [0.1, 0.15) is 12.4 Å². The van der Waals surface area contributed by atoms with Gasteiger partial charge in [-0.15, -0.1) is 0 Å². The Morgan fingerprint density at radius 3 is 2.91 bits per heavy atom. The maximum Gasteiger partial charge on any atom is 0.131 e. The third-order valence-corrected chi connectivity index (χ3v) is 3.25. The average Bonchev–Trinajstić information content (AvgIpc) is 2.46. The zero-order valence-corrected chi connectivity index (χ0v) is 14.0. The van der Waals surface area contributed by atoms with Crippen LogP contribution in [0, 0.1) is 17.3 Å². The molecule has 2 rings (SSSR count). The Kier molecular flexibility index (Phi) is 5.46. The van der Waals surface area contributed by atoms with Crippen LogP contribution in [-0.2, 0) is 6.54 Å². The van der Waals surface area contributed by atoms with Crippen molar-refractivity contribution in [3.8, 4) is 17.6 Å². The Hall–Kier alpha value is -1.98. The number of allylic oxidation sites excluding steroid dienone is 1. The standard InChI is InChI=1S/C20H25NO/c1-20(2,3)13-6-5-7-14-21(4)16-18-11-8-10-17-12-9-15-22-19(17)18/h5,7-12H,14-16H2,1-4H3. The minimum absolute atomic E-state index is 0.0597. The highest BCUT2D eigenvalue weighted by atomic mass is 16.5. The van der Waals surface area contributed by atoms with E-state index in [1.807, 2.05) is 12.2 Å². The van der Waals surface area contributed by atoms with E-state index < -0.39 is 0 Å². The highest BCUT2D eigenvalue weighted by Crippen LogP contribution is 2.28. The number of nitrogens with zero attached hydrogens (tertiary/aromatic N) is 1. The van der Waals surface area contributed by atoms with Crippen LogP contribution in [-0.4, -0.2) is 25.1 Å². The van der Waals surface area contributed by atoms with Gasteiger partial charge in [-0.2, -0.15) is 0 Å². The lowest BCUT2D eigenvalue weighted by atomic mass is 9.98. The number of ether oxygens (including phenoxy) is 1. The molecule has 0 unspecified atom stereocenters. The molecule has 1 aromatic rings. The van der Waals surface area contributed by atoms with Crippen LogP contribution >= 0.6 is 0 Å². The number of hydrogen-bond donors (Lipinski definition) is 0. The van der Waals surface area contributed by atoms with Gasteiger partial charge >= 0.3 is 0 Å². The first-order valence-electron chi connectivity index (χ1n) is 7.73. The molecular weight excluding hydrogens is 270 g/mol. The minimum atomic E-state index is 0.0597. The van der Waals surface area contributed by atoms with Gasteiger partial charge in [0.2, 0.25) is 0 Å². The predicted octanol–water partition coefficient (Wildman–Crippen LogP) is 4.13. The van der Waals surface area contributed by atoms with Crippen LogP contribution in [0.15, 0.2) is 36.4 Å². The Labute approximate surface area is 134 Å². The largest absolute Gasteiger partial charge is 0.489 e. The van der Waals surface area contributed by atoms with Gasteiger partial charge in [0.15, 0.2) is 0 Å². The molecule has 0 aromatic heterocycles. The van der Waals surface area contributed by atoms with Crippen LogP contribution < -0.4 is 4.74 Å². The summed E-state index contributed by atoms with van der Waals surface area (Å²) in [6.45, 7) is 8.76. The Morgan fingerprint density at radius 1 is 1.32 bits per heavy atom. The molecular formula is C20H25NO. The second-order valence-corrected chi connectivity index (χ2v) is 6.67. The molecule has 0 spiro atoms. The summed E-state index contributed by atoms with van der Waals surface area (Å²) in [5, 5.41) is 0. The molecule has 1 aliphatic rings. The topological polar surface area (TPSA) is 12.5 Å². The number of fused-ring (bicyclic) bond motifs is 1. The minimum Gasteiger partial charge on any atom is -0.489 e. The van der Waals surface area contributed by atoms with E-state index in [0.717, 1.165) is 18.8 Å². The van der Waals surface area contributed by atoms with Crippen LogP contribution in [0.2, 0.25) is 0 Å². The molecule has 0 amide bonds. The summed E-state index contributed by atoms with van der Waals surface area (Å²) in [4.78, 5) is 2.26. The van der Waals surface area contributed by atoms with Crippen molar-refractivity contribution in [3.63, 3.8) is 0 Å². The van der Waals surface area contributed by atoms with E-state index in [1.165, 1.54) is 11.1 Å². The van der Waals surface area contributed by atoms with E-state index in [-0.39, 0.29) is 5.41 Å². The Bertz CT molecular complexity index is 623. The number of rotatable bonds is 4. The molecule has 22 heavy (non-hydrogen) atoms. The maximum absolute atomic E-state index is 5.78. The van der Waals surface area contributed by atoms with E-state index in [2.05, 4.69) is 74.9 Å². The predicted molar refractivity (Wildman–Crippen MR) is 93.7 cm³/mol. The van der Waals surface area contributed by atoms with Gasteiger partial charge in [0.05, 0.1) is 0 Å². The van der Waals surface area contributed by atoms with Gasteiger partial charge in [-0.05, 0) is 40.0 Å². The van der Waals surface area contributed by atoms with Gasteiger partial charge in [0, 0.05) is 29.6 Å². The molecule has 0 saturated heterocycles. The monoisotopic (exact) mass is 295 g/mol. The second kappa shape index (κ2) is 7.33. The van der Waals surface area contributed by atoms with Crippen molar-refractivity contribution in [2.75, 3.05) is 20.2 Å². The number of benzene rings is 1. The number of para-hydroxylation sites is 1. The zero-order chi connectivity index (χ0) is 16.0. The number of hydrogen-bond acceptors (Lipinski definition) is 2. The van der Waals surface area contributed by atoms with Gasteiger partial charge in [-0.3, -0.25) is 4.90 Å². The normalized spacial score (nSPS) is 13.7. The fourth-order valence-electron chi connectivity index (χ4n) is 2.25. The van der Waals surface area contributed by atoms with E-state index >= 15 is 0 Å². The van der Waals surface area contributed by atoms with Crippen LogP contribution in [0.25, 0.3) is 6.08 Å². The van der Waals surface area contributed by atoms with Crippen LogP contribution in [0.5, 0.6) is 5.75 Å². The molecule has 2 nitrogen and oxygen atoms in total. The van der Waals surface area contributed by atoms with Crippen molar-refractivity contribution in [1.29, 1.82) is 0 Å². The summed E-state index contributed by atoms with van der Waals surface area (Å²) in [6.07, 6.45) is 8.23. The van der Waals surface area contributed by atoms with Crippen molar-refractivity contribution in [2.24, 2.45) is 5.41 Å². The lowest BCUT2D eigenvalue weighted by molar-refractivity contribution is 0.327. The molecule has 0 saturated carbocycles. The first-order valence-corrected chi connectivity index (χ1v) is 7.73. The molecule has 1 aliphatic heterocycles. The fourth-order valence-corrected chi connectivity index (χ4v) is 2.25. The third-order valence-electron chi connectivity index (χ3n) is 3.25. The summed E-state index contributed by atoms with van der Waals surface area (Å²) in [7, 11) is 2.11. The summed E-state index contributed by atoms with van der Waals surface area (Å²) >= 11 is 0. The van der Waals surface area contributed by atoms with Crippen molar-refractivity contribution in [1.82, 2.24) is 4.90 Å². The van der Waals surface area contributed by atoms with Crippen LogP contribution in [0.3, 0.4) is 0 Å². The van der Waals surface area contributed by atoms with Crippen molar-refractivity contribution in [3.05, 3.63) is 47.6 Å². The lowest BCUT2D eigenvalue weighted by Crippen LogP contribution is -2.18. The zero-order valence-electron chi connectivity index (χ0n) is 14.0. The van der Waals surface area contributed by atoms with Gasteiger partial charge in [-0.1, -0.05) is 42.2 Å². The summed E-state index contributed by atoms with van der Waals surface area (Å²) in [5.74, 6) is 7.33. The quantitative estimate of drug-likeness (QED) is 0.774. The number of likely N-dealkylation sites (N-methyl/N-ethyl adjacent to an activating group) is 1. The smallest absolute Gasteiger partial charge is 0.131 e. The Morgan fingerprint density at radius 2 is 2.14 bits per heavy atom.